The zero-order chi connectivity index (χ0) is 21.3. The molecule has 2 aromatic rings. The van der Waals surface area contributed by atoms with Crippen molar-refractivity contribution in [1.29, 1.82) is 0 Å². The van der Waals surface area contributed by atoms with E-state index in [-0.39, 0.29) is 35.9 Å². The third-order valence-corrected chi connectivity index (χ3v) is 5.43. The lowest BCUT2D eigenvalue weighted by Gasteiger charge is -2.17. The number of carbonyl (C=O) groups is 3. The summed E-state index contributed by atoms with van der Waals surface area (Å²) in [7, 11) is 0. The second-order valence-corrected chi connectivity index (χ2v) is 7.56. The molecular weight excluding hydrogens is 408 g/mol. The quantitative estimate of drug-likeness (QED) is 0.708. The summed E-state index contributed by atoms with van der Waals surface area (Å²) in [5.41, 5.74) is 1.39. The summed E-state index contributed by atoms with van der Waals surface area (Å²) in [5.74, 6) is -0.580. The van der Waals surface area contributed by atoms with Crippen LogP contribution in [0, 0.1) is 0 Å². The molecule has 8 heteroatoms. The van der Waals surface area contributed by atoms with E-state index in [9.17, 15) is 14.4 Å². The highest BCUT2D eigenvalue weighted by atomic mass is 35.5. The fourth-order valence-corrected chi connectivity index (χ4v) is 3.88. The number of imide groups is 1. The van der Waals surface area contributed by atoms with Gasteiger partial charge in [0, 0.05) is 17.9 Å². The van der Waals surface area contributed by atoms with E-state index in [2.05, 4.69) is 5.32 Å². The van der Waals surface area contributed by atoms with Crippen LogP contribution in [0.25, 0.3) is 0 Å². The van der Waals surface area contributed by atoms with E-state index < -0.39 is 0 Å². The van der Waals surface area contributed by atoms with Crippen LogP contribution in [-0.4, -0.2) is 48.5 Å². The SMILES string of the molecule is CCOc1ccc(C(=O)Nc2ccc3c(c2)C(=O)N(CC2CCCO2)C3=O)cc1Cl. The fourth-order valence-electron chi connectivity index (χ4n) is 3.64. The predicted octanol–water partition coefficient (Wildman–Crippen LogP) is 3.77. The molecule has 7 nitrogen and oxygen atoms in total. The van der Waals surface area contributed by atoms with Crippen LogP contribution in [0.5, 0.6) is 5.75 Å². The maximum atomic E-state index is 12.8. The molecule has 1 saturated heterocycles. The number of benzene rings is 2. The Morgan fingerprint density at radius 2 is 2.00 bits per heavy atom. The summed E-state index contributed by atoms with van der Waals surface area (Å²) < 4.78 is 10.9. The Bertz CT molecular complexity index is 1020. The van der Waals surface area contributed by atoms with Gasteiger partial charge in [-0.2, -0.15) is 0 Å². The smallest absolute Gasteiger partial charge is 0.261 e. The number of hydrogen-bond acceptors (Lipinski definition) is 5. The van der Waals surface area contributed by atoms with Crippen molar-refractivity contribution in [3.8, 4) is 5.75 Å². The lowest BCUT2D eigenvalue weighted by atomic mass is 10.1. The molecule has 156 valence electrons. The number of carbonyl (C=O) groups excluding carboxylic acids is 3. The van der Waals surface area contributed by atoms with Crippen molar-refractivity contribution in [3.05, 3.63) is 58.1 Å². The number of amides is 3. The topological polar surface area (TPSA) is 84.9 Å². The van der Waals surface area contributed by atoms with Crippen LogP contribution < -0.4 is 10.1 Å². The lowest BCUT2D eigenvalue weighted by molar-refractivity contribution is 0.0475. The van der Waals surface area contributed by atoms with E-state index in [1.165, 1.54) is 17.0 Å². The molecule has 0 aromatic heterocycles. The first kappa shape index (κ1) is 20.4. The molecule has 1 unspecified atom stereocenters. The van der Waals surface area contributed by atoms with E-state index in [1.807, 2.05) is 6.92 Å². The number of nitrogens with zero attached hydrogens (tertiary/aromatic N) is 1. The van der Waals surface area contributed by atoms with Crippen molar-refractivity contribution in [2.45, 2.75) is 25.9 Å². The second-order valence-electron chi connectivity index (χ2n) is 7.15. The number of hydrogen-bond donors (Lipinski definition) is 1. The first-order chi connectivity index (χ1) is 14.5. The van der Waals surface area contributed by atoms with Gasteiger partial charge in [0.2, 0.25) is 0 Å². The molecule has 0 saturated carbocycles. The van der Waals surface area contributed by atoms with Crippen LogP contribution in [0.1, 0.15) is 50.8 Å². The van der Waals surface area contributed by atoms with E-state index in [0.29, 0.717) is 40.8 Å². The van der Waals surface area contributed by atoms with Gasteiger partial charge >= 0.3 is 0 Å². The van der Waals surface area contributed by atoms with Crippen molar-refractivity contribution >= 4 is 35.0 Å². The molecule has 2 heterocycles. The molecule has 1 fully saturated rings. The summed E-state index contributed by atoms with van der Waals surface area (Å²) >= 11 is 6.15. The van der Waals surface area contributed by atoms with Crippen LogP contribution >= 0.6 is 11.6 Å². The minimum atomic E-state index is -0.382. The van der Waals surface area contributed by atoms with Gasteiger partial charge < -0.3 is 14.8 Å². The maximum absolute atomic E-state index is 12.8. The van der Waals surface area contributed by atoms with Gasteiger partial charge in [-0.25, -0.2) is 0 Å². The molecule has 0 spiro atoms. The van der Waals surface area contributed by atoms with Crippen molar-refractivity contribution in [1.82, 2.24) is 4.90 Å². The molecule has 2 aliphatic heterocycles. The third kappa shape index (κ3) is 3.91. The molecule has 30 heavy (non-hydrogen) atoms. The highest BCUT2D eigenvalue weighted by Crippen LogP contribution is 2.29. The fraction of sp³-hybridized carbons (Fsp3) is 0.318. The summed E-state index contributed by atoms with van der Waals surface area (Å²) in [6.07, 6.45) is 1.65. The van der Waals surface area contributed by atoms with E-state index >= 15 is 0 Å². The van der Waals surface area contributed by atoms with E-state index in [0.717, 1.165) is 12.8 Å². The van der Waals surface area contributed by atoms with Gasteiger partial charge in [0.15, 0.2) is 0 Å². The number of anilines is 1. The van der Waals surface area contributed by atoms with Crippen LogP contribution in [0.3, 0.4) is 0 Å². The number of ether oxygens (including phenoxy) is 2. The van der Waals surface area contributed by atoms with Gasteiger partial charge in [-0.05, 0) is 56.2 Å². The molecule has 1 N–H and O–H groups in total. The van der Waals surface area contributed by atoms with E-state index in [1.54, 1.807) is 24.3 Å². The average molecular weight is 429 g/mol. The Kier molecular flexibility index (Phi) is 5.74. The summed E-state index contributed by atoms with van der Waals surface area (Å²) in [4.78, 5) is 39.2. The Balaban J connectivity index is 1.49. The van der Waals surface area contributed by atoms with Gasteiger partial charge in [-0.1, -0.05) is 11.6 Å². The summed E-state index contributed by atoms with van der Waals surface area (Å²) in [6.45, 7) is 3.22. The zero-order valence-corrected chi connectivity index (χ0v) is 17.2. The molecule has 4 rings (SSSR count). The van der Waals surface area contributed by atoms with E-state index in [4.69, 9.17) is 21.1 Å². The first-order valence-electron chi connectivity index (χ1n) is 9.83. The normalized spacial score (nSPS) is 17.9. The molecule has 2 aromatic carbocycles. The second kappa shape index (κ2) is 8.45. The highest BCUT2D eigenvalue weighted by Gasteiger charge is 2.37. The molecule has 2 aliphatic rings. The van der Waals surface area contributed by atoms with Gasteiger partial charge in [0.25, 0.3) is 17.7 Å². The van der Waals surface area contributed by atoms with Crippen molar-refractivity contribution in [2.75, 3.05) is 25.1 Å². The van der Waals surface area contributed by atoms with Crippen molar-refractivity contribution in [2.24, 2.45) is 0 Å². The zero-order valence-electron chi connectivity index (χ0n) is 16.4. The van der Waals surface area contributed by atoms with Gasteiger partial charge in [0.1, 0.15) is 5.75 Å². The Labute approximate surface area is 178 Å². The summed E-state index contributed by atoms with van der Waals surface area (Å²) in [6, 6.07) is 9.46. The van der Waals surface area contributed by atoms with Crippen LogP contribution in [-0.2, 0) is 4.74 Å². The Hall–Kier alpha value is -2.90. The summed E-state index contributed by atoms with van der Waals surface area (Å²) in [5, 5.41) is 3.08. The minimum absolute atomic E-state index is 0.115. The molecule has 0 radical (unpaired) electrons. The molecule has 1 atom stereocenters. The largest absolute Gasteiger partial charge is 0.492 e. The van der Waals surface area contributed by atoms with Gasteiger partial charge in [-0.3, -0.25) is 19.3 Å². The average Bonchev–Trinajstić information content (AvgIpc) is 3.33. The molecule has 0 bridgehead atoms. The number of fused-ring (bicyclic) bond motifs is 1. The first-order valence-corrected chi connectivity index (χ1v) is 10.2. The predicted molar refractivity (Wildman–Crippen MR) is 111 cm³/mol. The maximum Gasteiger partial charge on any atom is 0.261 e. The monoisotopic (exact) mass is 428 g/mol. The third-order valence-electron chi connectivity index (χ3n) is 5.13. The number of rotatable bonds is 6. The standard InChI is InChI=1S/C22H21ClN2O5/c1-2-29-19-8-5-13(10-18(19)23)20(26)24-14-6-7-16-17(11-14)22(28)25(21(16)27)12-15-4-3-9-30-15/h5-8,10-11,15H,2-4,9,12H2,1H3,(H,24,26). The van der Waals surface area contributed by atoms with Crippen LogP contribution in [0.2, 0.25) is 5.02 Å². The van der Waals surface area contributed by atoms with Gasteiger partial charge in [0.05, 0.1) is 35.4 Å². The van der Waals surface area contributed by atoms with Gasteiger partial charge in [-0.15, -0.1) is 0 Å². The number of halogens is 1. The molecule has 0 aliphatic carbocycles. The van der Waals surface area contributed by atoms with Crippen molar-refractivity contribution in [3.63, 3.8) is 0 Å². The number of nitrogens with one attached hydrogen (secondary N) is 1. The highest BCUT2D eigenvalue weighted by molar-refractivity contribution is 6.32. The molecular formula is C22H21ClN2O5. The van der Waals surface area contributed by atoms with Crippen molar-refractivity contribution < 1.29 is 23.9 Å². The molecule has 3 amide bonds. The van der Waals surface area contributed by atoms with Crippen LogP contribution in [0.15, 0.2) is 36.4 Å². The Morgan fingerprint density at radius 1 is 1.20 bits per heavy atom. The van der Waals surface area contributed by atoms with Crippen LogP contribution in [0.4, 0.5) is 5.69 Å². The lowest BCUT2D eigenvalue weighted by Crippen LogP contribution is -2.36. The Morgan fingerprint density at radius 3 is 2.70 bits per heavy atom. The minimum Gasteiger partial charge on any atom is -0.492 e.